The molecule has 218 valence electrons. The average molecular weight is 582 g/mol. The number of carbonyl (C=O) groups excluding carboxylic acids is 2. The van der Waals surface area contributed by atoms with E-state index in [9.17, 15) is 14.7 Å². The molecule has 1 aliphatic rings. The number of aliphatic hydroxyl groups excluding tert-OH is 1. The van der Waals surface area contributed by atoms with Crippen molar-refractivity contribution in [1.29, 1.82) is 0 Å². The van der Waals surface area contributed by atoms with E-state index < -0.39 is 23.8 Å². The molecule has 1 amide bonds. The molecule has 0 spiro atoms. The summed E-state index contributed by atoms with van der Waals surface area (Å²) in [6.45, 7) is 5.52. The third-order valence-electron chi connectivity index (χ3n) is 6.82. The minimum Gasteiger partial charge on any atom is -0.497 e. The minimum atomic E-state index is -0.936. The molecule has 3 aromatic carbocycles. The molecule has 0 aromatic heterocycles. The lowest BCUT2D eigenvalue weighted by Gasteiger charge is -2.37. The Kier molecular flexibility index (Phi) is 9.46. The Labute approximate surface area is 245 Å². The highest BCUT2D eigenvalue weighted by Gasteiger charge is 2.33. The van der Waals surface area contributed by atoms with E-state index in [-0.39, 0.29) is 12.6 Å². The number of esters is 1. The molecule has 8 nitrogen and oxygen atoms in total. The smallest absolute Gasteiger partial charge is 0.410 e. The van der Waals surface area contributed by atoms with Crippen molar-refractivity contribution in [2.75, 3.05) is 20.8 Å². The summed E-state index contributed by atoms with van der Waals surface area (Å²) in [6.07, 6.45) is 0.603. The first-order valence-corrected chi connectivity index (χ1v) is 13.8. The van der Waals surface area contributed by atoms with Gasteiger partial charge in [-0.2, -0.15) is 0 Å². The largest absolute Gasteiger partial charge is 0.497 e. The summed E-state index contributed by atoms with van der Waals surface area (Å²) in [5.74, 6) is 0.977. The van der Waals surface area contributed by atoms with Gasteiger partial charge in [-0.1, -0.05) is 29.8 Å². The highest BCUT2D eigenvalue weighted by atomic mass is 35.5. The van der Waals surface area contributed by atoms with E-state index in [1.807, 2.05) is 39.0 Å². The van der Waals surface area contributed by atoms with Crippen LogP contribution in [0.5, 0.6) is 17.2 Å². The lowest BCUT2D eigenvalue weighted by atomic mass is 9.87. The van der Waals surface area contributed by atoms with Crippen molar-refractivity contribution >= 4 is 23.7 Å². The van der Waals surface area contributed by atoms with Crippen LogP contribution in [0.2, 0.25) is 5.02 Å². The maximum absolute atomic E-state index is 13.4. The Morgan fingerprint density at radius 2 is 1.76 bits per heavy atom. The molecule has 0 aliphatic heterocycles. The van der Waals surface area contributed by atoms with Gasteiger partial charge in [0.2, 0.25) is 0 Å². The van der Waals surface area contributed by atoms with Gasteiger partial charge in [-0.15, -0.1) is 0 Å². The maximum atomic E-state index is 13.4. The van der Waals surface area contributed by atoms with Crippen molar-refractivity contribution in [3.05, 3.63) is 87.9 Å². The van der Waals surface area contributed by atoms with Crippen molar-refractivity contribution < 1.29 is 33.6 Å². The summed E-state index contributed by atoms with van der Waals surface area (Å²) in [5, 5.41) is 11.6. The predicted octanol–water partition coefficient (Wildman–Crippen LogP) is 6.76. The van der Waals surface area contributed by atoms with Gasteiger partial charge < -0.3 is 29.0 Å². The molecular formula is C32H36ClNO7. The number of methoxy groups -OCH3 is 2. The van der Waals surface area contributed by atoms with Gasteiger partial charge in [0.15, 0.2) is 0 Å². The Morgan fingerprint density at radius 1 is 1.00 bits per heavy atom. The first kappa shape index (κ1) is 30.2. The Bertz CT molecular complexity index is 1400. The van der Waals surface area contributed by atoms with Crippen LogP contribution in [0, 0.1) is 0 Å². The van der Waals surface area contributed by atoms with Crippen LogP contribution in [0.25, 0.3) is 0 Å². The zero-order valence-electron chi connectivity index (χ0n) is 24.0. The molecule has 0 unspecified atom stereocenters. The first-order valence-electron chi connectivity index (χ1n) is 13.5. The number of nitrogens with zero attached hydrogens (tertiary/aromatic N) is 1. The number of amides is 1. The van der Waals surface area contributed by atoms with Gasteiger partial charge in [0.1, 0.15) is 22.8 Å². The van der Waals surface area contributed by atoms with E-state index in [0.29, 0.717) is 46.2 Å². The van der Waals surface area contributed by atoms with Gasteiger partial charge >= 0.3 is 12.1 Å². The number of hydrogen-bond acceptors (Lipinski definition) is 7. The normalized spacial score (nSPS) is 15.3. The topological polar surface area (TPSA) is 94.5 Å². The maximum Gasteiger partial charge on any atom is 0.410 e. The molecular weight excluding hydrogens is 546 g/mol. The number of halogens is 1. The van der Waals surface area contributed by atoms with Crippen molar-refractivity contribution in [3.8, 4) is 17.2 Å². The fourth-order valence-electron chi connectivity index (χ4n) is 4.86. The SMILES string of the molecule is COC(=O)c1cc(OC)cc(Oc2ccc3c(c2)C[C@@H](N(C[C@@H](O)c2cccc(Cl)c2)C(=O)OC(C)(C)C)CC3)c1. The molecule has 0 heterocycles. The number of fused-ring (bicyclic) bond motifs is 1. The van der Waals surface area contributed by atoms with Crippen LogP contribution < -0.4 is 9.47 Å². The van der Waals surface area contributed by atoms with E-state index in [0.717, 1.165) is 17.5 Å². The van der Waals surface area contributed by atoms with Crippen molar-refractivity contribution in [2.45, 2.75) is 57.8 Å². The molecule has 2 atom stereocenters. The van der Waals surface area contributed by atoms with Crippen molar-refractivity contribution in [3.63, 3.8) is 0 Å². The summed E-state index contributed by atoms with van der Waals surface area (Å²) < 4.78 is 22.0. The van der Waals surface area contributed by atoms with Crippen molar-refractivity contribution in [2.24, 2.45) is 0 Å². The number of aryl methyl sites for hydroxylation is 1. The quantitative estimate of drug-likeness (QED) is 0.294. The standard InChI is InChI=1S/C32H36ClNO7/c1-32(2,3)41-31(37)34(19-29(35)21-7-6-8-24(33)13-21)25-11-9-20-10-12-26(15-22(20)14-25)40-28-17-23(30(36)39-5)16-27(18-28)38-4/h6-8,10,12-13,15-18,25,29,35H,9,11,14,19H2,1-5H3/t25-,29+/m0/s1. The molecule has 0 saturated carbocycles. The van der Waals surface area contributed by atoms with Gasteiger partial charge in [-0.25, -0.2) is 9.59 Å². The van der Waals surface area contributed by atoms with Crippen LogP contribution in [0.15, 0.2) is 60.7 Å². The summed E-state index contributed by atoms with van der Waals surface area (Å²) in [5.41, 5.74) is 2.44. The average Bonchev–Trinajstić information content (AvgIpc) is 2.93. The van der Waals surface area contributed by atoms with Gasteiger partial charge in [-0.3, -0.25) is 0 Å². The Morgan fingerprint density at radius 3 is 2.44 bits per heavy atom. The lowest BCUT2D eigenvalue weighted by molar-refractivity contribution is 0.00194. The minimum absolute atomic E-state index is 0.0611. The summed E-state index contributed by atoms with van der Waals surface area (Å²) in [4.78, 5) is 27.1. The second-order valence-electron chi connectivity index (χ2n) is 11.0. The molecule has 41 heavy (non-hydrogen) atoms. The van der Waals surface area contributed by atoms with Gasteiger partial charge in [-0.05, 0) is 93.1 Å². The van der Waals surface area contributed by atoms with E-state index in [1.54, 1.807) is 47.4 Å². The first-order chi connectivity index (χ1) is 19.5. The van der Waals surface area contributed by atoms with Gasteiger partial charge in [0, 0.05) is 17.1 Å². The fourth-order valence-corrected chi connectivity index (χ4v) is 5.06. The summed E-state index contributed by atoms with van der Waals surface area (Å²) in [6, 6.07) is 17.5. The third kappa shape index (κ3) is 7.93. The number of aliphatic hydroxyl groups is 1. The van der Waals surface area contributed by atoms with Crippen LogP contribution in [0.1, 0.15) is 60.3 Å². The molecule has 1 aliphatic carbocycles. The molecule has 1 N–H and O–H groups in total. The molecule has 4 rings (SSSR count). The number of benzene rings is 3. The van der Waals surface area contributed by atoms with E-state index in [1.165, 1.54) is 14.2 Å². The van der Waals surface area contributed by atoms with Crippen LogP contribution in [-0.2, 0) is 22.3 Å². The number of ether oxygens (including phenoxy) is 4. The second kappa shape index (κ2) is 12.8. The zero-order chi connectivity index (χ0) is 29.7. The zero-order valence-corrected chi connectivity index (χ0v) is 24.7. The molecule has 0 saturated heterocycles. The van der Waals surface area contributed by atoms with Crippen LogP contribution in [0.3, 0.4) is 0 Å². The van der Waals surface area contributed by atoms with E-state index in [4.69, 9.17) is 30.5 Å². The molecule has 3 aromatic rings. The monoisotopic (exact) mass is 581 g/mol. The summed E-state index contributed by atoms with van der Waals surface area (Å²) >= 11 is 6.14. The number of hydrogen-bond donors (Lipinski definition) is 1. The number of rotatable bonds is 8. The molecule has 9 heteroatoms. The Balaban J connectivity index is 1.58. The third-order valence-corrected chi connectivity index (χ3v) is 7.06. The van der Waals surface area contributed by atoms with Crippen LogP contribution in [0.4, 0.5) is 4.79 Å². The van der Waals surface area contributed by atoms with E-state index in [2.05, 4.69) is 0 Å². The van der Waals surface area contributed by atoms with Crippen LogP contribution >= 0.6 is 11.6 Å². The fraction of sp³-hybridized carbons (Fsp3) is 0.375. The van der Waals surface area contributed by atoms with Gasteiger partial charge in [0.05, 0.1) is 32.4 Å². The molecule has 0 radical (unpaired) electrons. The van der Waals surface area contributed by atoms with Crippen molar-refractivity contribution in [1.82, 2.24) is 4.90 Å². The lowest BCUT2D eigenvalue weighted by Crippen LogP contribution is -2.47. The summed E-state index contributed by atoms with van der Waals surface area (Å²) in [7, 11) is 2.83. The van der Waals surface area contributed by atoms with Crippen LogP contribution in [-0.4, -0.2) is 54.5 Å². The van der Waals surface area contributed by atoms with Gasteiger partial charge in [0.25, 0.3) is 0 Å². The van der Waals surface area contributed by atoms with E-state index >= 15 is 0 Å². The second-order valence-corrected chi connectivity index (χ2v) is 11.5. The Hall–Kier alpha value is -3.75. The molecule has 0 fully saturated rings. The number of carbonyl (C=O) groups is 2. The predicted molar refractivity (Wildman–Crippen MR) is 156 cm³/mol. The highest BCUT2D eigenvalue weighted by molar-refractivity contribution is 6.30. The highest BCUT2D eigenvalue weighted by Crippen LogP contribution is 2.33. The molecule has 0 bridgehead atoms.